The number of rotatable bonds is 1. The number of hydrogen-bond donors (Lipinski definition) is 1. The fourth-order valence-corrected chi connectivity index (χ4v) is 0.904. The minimum atomic E-state index is 0.434. The van der Waals surface area contributed by atoms with Crippen LogP contribution in [0.25, 0.3) is 0 Å². The number of piperidine rings is 1. The molecule has 0 aromatic rings. The average molecular weight is 112 g/mol. The molecular weight excluding hydrogens is 100 g/mol. The lowest BCUT2D eigenvalue weighted by Crippen LogP contribution is -2.34. The van der Waals surface area contributed by atoms with Gasteiger partial charge < -0.3 is 5.73 Å². The molecule has 0 saturated carbocycles. The minimum absolute atomic E-state index is 0.434. The van der Waals surface area contributed by atoms with E-state index in [0.717, 1.165) is 25.9 Å². The molecule has 0 bridgehead atoms. The molecule has 0 aromatic carbocycles. The van der Waals surface area contributed by atoms with Crippen molar-refractivity contribution in [2.75, 3.05) is 13.1 Å². The van der Waals surface area contributed by atoms with Gasteiger partial charge in [-0.3, -0.25) is 0 Å². The number of hydrogen-bond acceptors (Lipinski definition) is 1. The van der Waals surface area contributed by atoms with Gasteiger partial charge in [-0.2, -0.15) is 0 Å². The first kappa shape index (κ1) is 6.05. The summed E-state index contributed by atoms with van der Waals surface area (Å²) < 4.78 is 0. The molecule has 1 unspecified atom stereocenters. The molecule has 1 rings (SSSR count). The van der Waals surface area contributed by atoms with Gasteiger partial charge >= 0.3 is 0 Å². The van der Waals surface area contributed by atoms with Crippen LogP contribution < -0.4 is 11.1 Å². The van der Waals surface area contributed by atoms with E-state index in [9.17, 15) is 0 Å². The molecule has 0 amide bonds. The highest BCUT2D eigenvalue weighted by molar-refractivity contribution is 4.82. The van der Waals surface area contributed by atoms with Crippen molar-refractivity contribution in [3.8, 4) is 0 Å². The lowest BCUT2D eigenvalue weighted by atomic mass is 10.1. The van der Waals surface area contributed by atoms with Gasteiger partial charge in [-0.1, -0.05) is 0 Å². The maximum Gasteiger partial charge on any atom is 0.0371 e. The topological polar surface area (TPSA) is 40.1 Å². The van der Waals surface area contributed by atoms with E-state index in [2.05, 4.69) is 11.7 Å². The zero-order valence-corrected chi connectivity index (χ0v) is 5.01. The SMILES string of the molecule is NCC1C[CH]CC[N]1. The van der Waals surface area contributed by atoms with Gasteiger partial charge in [-0.15, -0.1) is 0 Å². The molecule has 1 atom stereocenters. The van der Waals surface area contributed by atoms with Crippen molar-refractivity contribution in [2.24, 2.45) is 5.73 Å². The Morgan fingerprint density at radius 3 is 3.00 bits per heavy atom. The first-order valence-electron chi connectivity index (χ1n) is 3.12. The minimum Gasteiger partial charge on any atom is -0.329 e. The van der Waals surface area contributed by atoms with Gasteiger partial charge in [-0.25, -0.2) is 5.32 Å². The number of nitrogens with two attached hydrogens (primary N) is 1. The summed E-state index contributed by atoms with van der Waals surface area (Å²) in [5, 5.41) is 4.29. The van der Waals surface area contributed by atoms with Crippen LogP contribution in [0.15, 0.2) is 0 Å². The third-order valence-corrected chi connectivity index (χ3v) is 1.43. The molecule has 1 saturated heterocycles. The van der Waals surface area contributed by atoms with Crippen LogP contribution in [0.3, 0.4) is 0 Å². The molecule has 2 radical (unpaired) electrons. The van der Waals surface area contributed by atoms with Gasteiger partial charge in [0.15, 0.2) is 0 Å². The van der Waals surface area contributed by atoms with Crippen LogP contribution in [0.4, 0.5) is 0 Å². The van der Waals surface area contributed by atoms with Gasteiger partial charge in [0.05, 0.1) is 0 Å². The Morgan fingerprint density at radius 2 is 2.62 bits per heavy atom. The lowest BCUT2D eigenvalue weighted by Gasteiger charge is -2.18. The fourth-order valence-electron chi connectivity index (χ4n) is 0.904. The quantitative estimate of drug-likeness (QED) is 0.506. The predicted molar refractivity (Wildman–Crippen MR) is 33.4 cm³/mol. The van der Waals surface area contributed by atoms with E-state index in [1.807, 2.05) is 0 Å². The molecule has 1 fully saturated rings. The Balaban J connectivity index is 2.13. The Labute approximate surface area is 50.4 Å². The second-order valence-corrected chi connectivity index (χ2v) is 2.11. The van der Waals surface area contributed by atoms with Crippen LogP contribution in [0.5, 0.6) is 0 Å². The number of nitrogens with zero attached hydrogens (tertiary/aromatic N) is 1. The second-order valence-electron chi connectivity index (χ2n) is 2.11. The van der Waals surface area contributed by atoms with E-state index >= 15 is 0 Å². The molecule has 1 heterocycles. The van der Waals surface area contributed by atoms with Crippen molar-refractivity contribution in [3.63, 3.8) is 0 Å². The van der Waals surface area contributed by atoms with E-state index in [0.29, 0.717) is 6.04 Å². The fraction of sp³-hybridized carbons (Fsp3) is 0.833. The zero-order valence-electron chi connectivity index (χ0n) is 5.01. The molecule has 0 aliphatic carbocycles. The van der Waals surface area contributed by atoms with Gasteiger partial charge in [0.2, 0.25) is 0 Å². The molecule has 0 spiro atoms. The summed E-state index contributed by atoms with van der Waals surface area (Å²) in [6.45, 7) is 1.71. The first-order chi connectivity index (χ1) is 3.93. The molecule has 1 aliphatic heterocycles. The standard InChI is InChI=1S/C6H12N2/c7-5-6-3-1-2-4-8-6/h1,6H,2-5,7H2. The second kappa shape index (κ2) is 3.05. The van der Waals surface area contributed by atoms with E-state index < -0.39 is 0 Å². The van der Waals surface area contributed by atoms with Crippen LogP contribution in [-0.2, 0) is 0 Å². The van der Waals surface area contributed by atoms with Gasteiger partial charge in [-0.05, 0) is 19.3 Å². The normalized spacial score (nSPS) is 30.4. The van der Waals surface area contributed by atoms with Gasteiger partial charge in [0, 0.05) is 19.1 Å². The molecule has 8 heavy (non-hydrogen) atoms. The Morgan fingerprint density at radius 1 is 1.75 bits per heavy atom. The lowest BCUT2D eigenvalue weighted by molar-refractivity contribution is 0.456. The van der Waals surface area contributed by atoms with Crippen molar-refractivity contribution in [1.29, 1.82) is 0 Å². The Bertz CT molecular complexity index is 57.5. The summed E-state index contributed by atoms with van der Waals surface area (Å²) in [6, 6.07) is 0.434. The van der Waals surface area contributed by atoms with E-state index in [1.54, 1.807) is 0 Å². The molecular formula is C6H12N2. The summed E-state index contributed by atoms with van der Waals surface area (Å²) in [5.74, 6) is 0. The van der Waals surface area contributed by atoms with E-state index in [4.69, 9.17) is 5.73 Å². The maximum atomic E-state index is 5.39. The molecule has 2 heteroatoms. The van der Waals surface area contributed by atoms with Crippen LogP contribution in [0.1, 0.15) is 12.8 Å². The predicted octanol–water partition coefficient (Wildman–Crippen LogP) is -0.0838. The van der Waals surface area contributed by atoms with Crippen LogP contribution in [0, 0.1) is 6.42 Å². The summed E-state index contributed by atoms with van der Waals surface area (Å²) in [6.07, 6.45) is 4.51. The van der Waals surface area contributed by atoms with Crippen molar-refractivity contribution >= 4 is 0 Å². The highest BCUT2D eigenvalue weighted by Crippen LogP contribution is 2.04. The largest absolute Gasteiger partial charge is 0.329 e. The highest BCUT2D eigenvalue weighted by Gasteiger charge is 2.10. The zero-order chi connectivity index (χ0) is 5.82. The van der Waals surface area contributed by atoms with E-state index in [1.165, 1.54) is 0 Å². The van der Waals surface area contributed by atoms with Crippen molar-refractivity contribution in [1.82, 2.24) is 5.32 Å². The molecule has 1 aliphatic rings. The molecule has 2 nitrogen and oxygen atoms in total. The van der Waals surface area contributed by atoms with Crippen molar-refractivity contribution in [3.05, 3.63) is 6.42 Å². The highest BCUT2D eigenvalue weighted by atomic mass is 14.9. The van der Waals surface area contributed by atoms with Crippen molar-refractivity contribution in [2.45, 2.75) is 18.9 Å². The average Bonchev–Trinajstić information content (AvgIpc) is 1.90. The first-order valence-corrected chi connectivity index (χ1v) is 3.12. The molecule has 0 aromatic heterocycles. The summed E-state index contributed by atoms with van der Waals surface area (Å²) in [5.41, 5.74) is 5.39. The molecule has 2 N–H and O–H groups in total. The van der Waals surface area contributed by atoms with Gasteiger partial charge in [0.1, 0.15) is 0 Å². The maximum absolute atomic E-state index is 5.39. The molecule has 46 valence electrons. The summed E-state index contributed by atoms with van der Waals surface area (Å²) in [4.78, 5) is 0. The van der Waals surface area contributed by atoms with Crippen LogP contribution in [-0.4, -0.2) is 19.1 Å². The summed E-state index contributed by atoms with van der Waals surface area (Å²) >= 11 is 0. The summed E-state index contributed by atoms with van der Waals surface area (Å²) in [7, 11) is 0. The monoisotopic (exact) mass is 112 g/mol. The van der Waals surface area contributed by atoms with E-state index in [-0.39, 0.29) is 0 Å². The smallest absolute Gasteiger partial charge is 0.0371 e. The van der Waals surface area contributed by atoms with Crippen LogP contribution >= 0.6 is 0 Å². The Hall–Kier alpha value is -0.0800. The van der Waals surface area contributed by atoms with Crippen molar-refractivity contribution < 1.29 is 0 Å². The van der Waals surface area contributed by atoms with Crippen LogP contribution in [0.2, 0.25) is 0 Å². The third-order valence-electron chi connectivity index (χ3n) is 1.43. The third kappa shape index (κ3) is 1.46. The van der Waals surface area contributed by atoms with Gasteiger partial charge in [0.25, 0.3) is 0 Å². The Kier molecular flexibility index (Phi) is 2.30.